The molecule has 0 saturated carbocycles. The van der Waals surface area contributed by atoms with E-state index in [2.05, 4.69) is 5.32 Å². The molecule has 1 aromatic rings. The Morgan fingerprint density at radius 1 is 1.24 bits per heavy atom. The van der Waals surface area contributed by atoms with Gasteiger partial charge in [-0.3, -0.25) is 14.9 Å². The fourth-order valence-electron chi connectivity index (χ4n) is 5.33. The molecule has 3 aliphatic rings. The first kappa shape index (κ1) is 31.8. The summed E-state index contributed by atoms with van der Waals surface area (Å²) in [6.07, 6.45) is 0.543. The van der Waals surface area contributed by atoms with Crippen LogP contribution in [0.15, 0.2) is 35.9 Å². The third kappa shape index (κ3) is 6.59. The number of epoxide rings is 1. The lowest BCUT2D eigenvalue weighted by Crippen LogP contribution is -2.63. The lowest BCUT2D eigenvalue weighted by molar-refractivity contribution is -0.159. The van der Waals surface area contributed by atoms with Crippen molar-refractivity contribution in [3.8, 4) is 5.75 Å². The van der Waals surface area contributed by atoms with Gasteiger partial charge >= 0.3 is 12.1 Å². The number of carbonyl (C=O) groups excluding carboxylic acids is 3. The predicted octanol–water partition coefficient (Wildman–Crippen LogP) is 3.54. The Bertz CT molecular complexity index is 1280. The maximum Gasteiger partial charge on any atom is 0.409 e. The summed E-state index contributed by atoms with van der Waals surface area (Å²) in [7, 11) is 4.48. The Morgan fingerprint density at radius 3 is 2.60 bits per heavy atom. The molecule has 3 heterocycles. The van der Waals surface area contributed by atoms with E-state index in [9.17, 15) is 19.5 Å². The van der Waals surface area contributed by atoms with E-state index >= 15 is 0 Å². The van der Waals surface area contributed by atoms with E-state index in [0.29, 0.717) is 17.9 Å². The number of alkyl carbamates (subject to hydrolysis) is 1. The standard InChI is InChI=1S/C30H39ClN2O9/c1-15(2)28(35)42-26-25-24(41-25)17(4)21-14-30(37,32-29(36)40-21)22(39-7)10-8-9-16(3)11-18-12-19(33(5)27(26)34)23(31)20(13-18)38-6/h8-10,12-13,15,17,21-22,24-26,37H,11,14H2,1-7H3,(H,32,36)/b10-8+,16-9+/t17-,21+,22-,24+,25+,26-,30+/m1/s1. The van der Waals surface area contributed by atoms with Gasteiger partial charge in [-0.15, -0.1) is 0 Å². The van der Waals surface area contributed by atoms with Crippen molar-refractivity contribution in [3.05, 3.63) is 46.5 Å². The molecule has 12 heteroatoms. The molecule has 0 unspecified atom stereocenters. The average molecular weight is 607 g/mol. The van der Waals surface area contributed by atoms with Crippen LogP contribution in [0.2, 0.25) is 5.02 Å². The SMILES string of the molecule is COc1cc2cc(c1Cl)N(C)C(=O)[C@H](OC(=O)C(C)C)[C@H]1O[C@H]1[C@H](C)[C@@H]1C[C@@](O)(NC(=O)O1)[C@H](OC)/C=C/C=C(\C)C2. The highest BCUT2D eigenvalue weighted by atomic mass is 35.5. The molecule has 11 nitrogen and oxygen atoms in total. The van der Waals surface area contributed by atoms with E-state index in [1.807, 2.05) is 13.0 Å². The summed E-state index contributed by atoms with van der Waals surface area (Å²) in [6, 6.07) is 3.58. The molecule has 0 spiro atoms. The molecule has 2 amide bonds. The van der Waals surface area contributed by atoms with Crippen LogP contribution in [0.3, 0.4) is 0 Å². The Kier molecular flexibility index (Phi) is 9.56. The minimum Gasteiger partial charge on any atom is -0.495 e. The predicted molar refractivity (Wildman–Crippen MR) is 154 cm³/mol. The van der Waals surface area contributed by atoms with Gasteiger partial charge in [-0.05, 0) is 31.0 Å². The number of rotatable bonds is 4. The molecule has 2 saturated heterocycles. The number of esters is 1. The van der Waals surface area contributed by atoms with Crippen LogP contribution in [-0.2, 0) is 35.0 Å². The largest absolute Gasteiger partial charge is 0.495 e. The molecule has 1 aromatic carbocycles. The molecular formula is C30H39ClN2O9. The second kappa shape index (κ2) is 12.6. The van der Waals surface area contributed by atoms with Crippen LogP contribution >= 0.6 is 11.6 Å². The van der Waals surface area contributed by atoms with Gasteiger partial charge in [0.25, 0.3) is 5.91 Å². The molecule has 42 heavy (non-hydrogen) atoms. The number of hydrogen-bond acceptors (Lipinski definition) is 9. The van der Waals surface area contributed by atoms with Crippen LogP contribution in [0.4, 0.5) is 10.5 Å². The van der Waals surface area contributed by atoms with E-state index in [-0.39, 0.29) is 11.4 Å². The number of likely N-dealkylation sites (N-methyl/N-ethyl adjacent to an activating group) is 1. The molecule has 4 rings (SSSR count). The van der Waals surface area contributed by atoms with Crippen molar-refractivity contribution in [1.29, 1.82) is 0 Å². The average Bonchev–Trinajstić information content (AvgIpc) is 3.73. The molecule has 2 N–H and O–H groups in total. The fraction of sp³-hybridized carbons (Fsp3) is 0.567. The summed E-state index contributed by atoms with van der Waals surface area (Å²) >= 11 is 6.67. The summed E-state index contributed by atoms with van der Waals surface area (Å²) in [5.41, 5.74) is 0.377. The molecule has 230 valence electrons. The number of fused-ring (bicyclic) bond motifs is 5. The van der Waals surface area contributed by atoms with Crippen molar-refractivity contribution in [2.45, 2.75) is 76.8 Å². The first-order chi connectivity index (χ1) is 19.8. The first-order valence-corrected chi connectivity index (χ1v) is 14.2. The first-order valence-electron chi connectivity index (χ1n) is 13.9. The third-order valence-electron chi connectivity index (χ3n) is 7.88. The zero-order valence-electron chi connectivity index (χ0n) is 24.9. The summed E-state index contributed by atoms with van der Waals surface area (Å²) in [5, 5.41) is 14.2. The van der Waals surface area contributed by atoms with Crippen LogP contribution in [0.1, 0.15) is 39.7 Å². The number of aliphatic hydroxyl groups is 1. The number of nitrogens with one attached hydrogen (secondary N) is 1. The minimum absolute atomic E-state index is 0.0116. The van der Waals surface area contributed by atoms with Gasteiger partial charge < -0.3 is 33.7 Å². The maximum absolute atomic E-state index is 14.0. The van der Waals surface area contributed by atoms with E-state index in [1.165, 1.54) is 19.1 Å². The Hall–Kier alpha value is -3.12. The zero-order valence-corrected chi connectivity index (χ0v) is 25.6. The number of methoxy groups -OCH3 is 2. The monoisotopic (exact) mass is 606 g/mol. The van der Waals surface area contributed by atoms with Crippen molar-refractivity contribution in [2.75, 3.05) is 26.2 Å². The Labute approximate surface area is 250 Å². The summed E-state index contributed by atoms with van der Waals surface area (Å²) in [5.74, 6) is -1.69. The number of nitrogens with zero attached hydrogens (tertiary/aromatic N) is 1. The number of hydrogen-bond donors (Lipinski definition) is 2. The van der Waals surface area contributed by atoms with Gasteiger partial charge in [0.2, 0.25) is 6.10 Å². The molecule has 4 bridgehead atoms. The highest BCUT2D eigenvalue weighted by Crippen LogP contribution is 2.42. The zero-order chi connectivity index (χ0) is 30.9. The lowest BCUT2D eigenvalue weighted by Gasteiger charge is -2.42. The molecular weight excluding hydrogens is 568 g/mol. The summed E-state index contributed by atoms with van der Waals surface area (Å²) in [6.45, 7) is 7.05. The molecule has 0 aromatic heterocycles. The van der Waals surface area contributed by atoms with Gasteiger partial charge in [0.15, 0.2) is 5.72 Å². The van der Waals surface area contributed by atoms with Crippen molar-refractivity contribution < 1.29 is 43.2 Å². The van der Waals surface area contributed by atoms with Crippen molar-refractivity contribution in [3.63, 3.8) is 0 Å². The molecule has 3 aliphatic heterocycles. The second-order valence-electron chi connectivity index (χ2n) is 11.4. The third-order valence-corrected chi connectivity index (χ3v) is 8.26. The van der Waals surface area contributed by atoms with Gasteiger partial charge in [-0.25, -0.2) is 4.79 Å². The quantitative estimate of drug-likeness (QED) is 0.389. The van der Waals surface area contributed by atoms with Crippen LogP contribution in [0.25, 0.3) is 0 Å². The van der Waals surface area contributed by atoms with E-state index in [0.717, 1.165) is 11.1 Å². The number of ether oxygens (including phenoxy) is 5. The van der Waals surface area contributed by atoms with Crippen molar-refractivity contribution in [2.24, 2.45) is 11.8 Å². The highest BCUT2D eigenvalue weighted by Gasteiger charge is 2.57. The molecule has 2 fully saturated rings. The normalized spacial score (nSPS) is 33.7. The number of anilines is 1. The molecule has 0 radical (unpaired) electrons. The number of amides is 2. The Morgan fingerprint density at radius 2 is 1.95 bits per heavy atom. The number of halogens is 1. The van der Waals surface area contributed by atoms with Crippen LogP contribution in [0.5, 0.6) is 5.75 Å². The van der Waals surface area contributed by atoms with Crippen LogP contribution < -0.4 is 15.0 Å². The van der Waals surface area contributed by atoms with Crippen LogP contribution in [0, 0.1) is 11.8 Å². The smallest absolute Gasteiger partial charge is 0.409 e. The van der Waals surface area contributed by atoms with Gasteiger partial charge in [0, 0.05) is 26.5 Å². The minimum atomic E-state index is -1.77. The van der Waals surface area contributed by atoms with Crippen molar-refractivity contribution in [1.82, 2.24) is 5.32 Å². The maximum atomic E-state index is 14.0. The van der Waals surface area contributed by atoms with Gasteiger partial charge in [0.05, 0.1) is 24.8 Å². The van der Waals surface area contributed by atoms with Gasteiger partial charge in [-0.1, -0.05) is 56.2 Å². The van der Waals surface area contributed by atoms with E-state index < -0.39 is 66.1 Å². The number of carbonyl (C=O) groups is 3. The molecule has 7 atom stereocenters. The molecule has 0 aliphatic carbocycles. The van der Waals surface area contributed by atoms with Gasteiger partial charge in [0.1, 0.15) is 29.1 Å². The highest BCUT2D eigenvalue weighted by molar-refractivity contribution is 6.35. The topological polar surface area (TPSA) is 136 Å². The summed E-state index contributed by atoms with van der Waals surface area (Å²) in [4.78, 5) is 40.6. The second-order valence-corrected chi connectivity index (χ2v) is 11.8. The van der Waals surface area contributed by atoms with Crippen LogP contribution in [-0.4, -0.2) is 80.6 Å². The fourth-order valence-corrected chi connectivity index (χ4v) is 5.65. The van der Waals surface area contributed by atoms with E-state index in [1.54, 1.807) is 52.1 Å². The number of benzene rings is 1. The summed E-state index contributed by atoms with van der Waals surface area (Å²) < 4.78 is 28.2. The van der Waals surface area contributed by atoms with Gasteiger partial charge in [-0.2, -0.15) is 0 Å². The Balaban J connectivity index is 1.80. The van der Waals surface area contributed by atoms with Crippen molar-refractivity contribution >= 4 is 35.3 Å². The lowest BCUT2D eigenvalue weighted by atomic mass is 9.87. The number of allylic oxidation sites excluding steroid dienone is 3. The van der Waals surface area contributed by atoms with E-state index in [4.69, 9.17) is 35.3 Å².